The van der Waals surface area contributed by atoms with E-state index in [0.717, 1.165) is 74.5 Å². The Hall–Kier alpha value is -3.06. The highest BCUT2D eigenvalue weighted by molar-refractivity contribution is 7.61. The summed E-state index contributed by atoms with van der Waals surface area (Å²) in [6.07, 6.45) is 26.8. The van der Waals surface area contributed by atoms with Crippen molar-refractivity contribution in [1.29, 1.82) is 0 Å². The molecule has 1 saturated heterocycles. The smallest absolute Gasteiger partial charge is 0.462 e. The van der Waals surface area contributed by atoms with Crippen LogP contribution in [0.4, 0.5) is 5.82 Å². The molecule has 0 aromatic carbocycles. The van der Waals surface area contributed by atoms with Crippen LogP contribution < -0.4 is 11.4 Å². The number of rotatable bonds is 41. The molecule has 1 aromatic heterocycles. The van der Waals surface area contributed by atoms with Gasteiger partial charge in [0.05, 0.1) is 19.3 Å². The number of anilines is 1. The number of hydrogen-bond donors (Lipinski definition) is 6. The van der Waals surface area contributed by atoms with Gasteiger partial charge in [-0.05, 0) is 44.1 Å². The van der Waals surface area contributed by atoms with Gasteiger partial charge in [-0.25, -0.2) is 13.9 Å². The molecule has 7 N–H and O–H groups in total. The van der Waals surface area contributed by atoms with E-state index in [1.165, 1.54) is 63.9 Å². The van der Waals surface area contributed by atoms with Gasteiger partial charge < -0.3 is 45.1 Å². The van der Waals surface area contributed by atoms with Crippen molar-refractivity contribution >= 4 is 33.4 Å². The maximum absolute atomic E-state index is 12.9. The number of phosphoric ester groups is 2. The van der Waals surface area contributed by atoms with Crippen LogP contribution in [0.3, 0.4) is 0 Å². The molecule has 1 aliphatic heterocycles. The summed E-state index contributed by atoms with van der Waals surface area (Å²) >= 11 is 0. The maximum atomic E-state index is 12.9. The number of aromatic nitrogens is 2. The van der Waals surface area contributed by atoms with Gasteiger partial charge in [0.15, 0.2) is 12.3 Å². The molecule has 0 bridgehead atoms. The van der Waals surface area contributed by atoms with E-state index in [2.05, 4.69) is 42.2 Å². The van der Waals surface area contributed by atoms with Crippen molar-refractivity contribution in [1.82, 2.24) is 9.55 Å². The molecular weight excluding hydrogens is 948 g/mol. The average molecular weight is 1030 g/mol. The molecule has 21 heteroatoms. The number of nitrogens with zero attached hydrogens (tertiary/aromatic N) is 2. The lowest BCUT2D eigenvalue weighted by atomic mass is 10.0. The molecular formula is C49H85N3O16P2. The number of nitrogen functional groups attached to an aromatic ring is 1. The summed E-state index contributed by atoms with van der Waals surface area (Å²) in [6, 6.07) is 1.24. The summed E-state index contributed by atoms with van der Waals surface area (Å²) in [6.45, 7) is 4.25. The lowest BCUT2D eigenvalue weighted by Gasteiger charge is -2.21. The second kappa shape index (κ2) is 36.8. The standard InChI is InChI=1S/C49H85N3O16P2/c1-4-5-6-7-15-20-25-30-40(53)31-26-21-18-23-28-33-45(55)66-41(36-63-44(54)32-27-22-17-14-12-10-8-9-11-13-16-19-24-29-39(2)3)37-64-69(59,60)68-70(61,62)65-38-42-46(56)47(57)48(67-42)52-35-34-43(50)51-49(52)58/h5-6,15,20,25,30,34-35,39-42,46-48,53,56-57H,4,7-14,16-19,21-24,26-29,31-33,36-38H2,1-3H3,(H,59,60)(H,61,62)(H2,50,51,58)/b6-5+,20-15+,30-25+/t40?,41-,42-,46-,47-,48-/m1/s1. The summed E-state index contributed by atoms with van der Waals surface area (Å²) in [7, 11) is -10.9. The van der Waals surface area contributed by atoms with Crippen LogP contribution in [0.5, 0.6) is 0 Å². The van der Waals surface area contributed by atoms with E-state index in [4.69, 9.17) is 29.0 Å². The van der Waals surface area contributed by atoms with E-state index in [-0.39, 0.29) is 18.7 Å². The second-order valence-corrected chi connectivity index (χ2v) is 21.4. The Morgan fingerprint density at radius 3 is 1.91 bits per heavy atom. The Labute approximate surface area is 415 Å². The number of unbranched alkanes of at least 4 members (excludes halogenated alkanes) is 16. The molecule has 0 spiro atoms. The predicted octanol–water partition coefficient (Wildman–Crippen LogP) is 9.22. The van der Waals surface area contributed by atoms with E-state index in [0.29, 0.717) is 25.7 Å². The number of carbonyl (C=O) groups excluding carboxylic acids is 2. The van der Waals surface area contributed by atoms with Gasteiger partial charge in [0.1, 0.15) is 30.7 Å². The van der Waals surface area contributed by atoms with E-state index in [1.807, 2.05) is 18.2 Å². The van der Waals surface area contributed by atoms with Crippen LogP contribution in [0.1, 0.15) is 181 Å². The Morgan fingerprint density at radius 2 is 1.33 bits per heavy atom. The van der Waals surface area contributed by atoms with E-state index >= 15 is 0 Å². The van der Waals surface area contributed by atoms with Gasteiger partial charge in [-0.3, -0.25) is 23.2 Å². The summed E-state index contributed by atoms with van der Waals surface area (Å²) in [5.41, 5.74) is 4.58. The van der Waals surface area contributed by atoms with E-state index < -0.39 is 89.8 Å². The number of ether oxygens (including phenoxy) is 3. The molecule has 0 amide bonds. The van der Waals surface area contributed by atoms with Crippen LogP contribution in [0.15, 0.2) is 53.5 Å². The summed E-state index contributed by atoms with van der Waals surface area (Å²) < 4.78 is 56.7. The van der Waals surface area contributed by atoms with Gasteiger partial charge in [-0.1, -0.05) is 166 Å². The Morgan fingerprint density at radius 1 is 0.771 bits per heavy atom. The number of aliphatic hydroxyl groups excluding tert-OH is 3. The molecule has 8 atom stereocenters. The van der Waals surface area contributed by atoms with Gasteiger partial charge in [-0.2, -0.15) is 9.29 Å². The first kappa shape index (κ1) is 63.1. The largest absolute Gasteiger partial charge is 0.481 e. The molecule has 70 heavy (non-hydrogen) atoms. The number of aliphatic hydroxyl groups is 3. The Balaban J connectivity index is 1.82. The molecule has 2 rings (SSSR count). The molecule has 3 unspecified atom stereocenters. The lowest BCUT2D eigenvalue weighted by molar-refractivity contribution is -0.161. The number of nitrogens with two attached hydrogens (primary N) is 1. The van der Waals surface area contributed by atoms with Gasteiger partial charge in [0, 0.05) is 19.0 Å². The topological polar surface area (TPSA) is 286 Å². The van der Waals surface area contributed by atoms with Crippen molar-refractivity contribution in [2.45, 2.75) is 212 Å². The molecule has 19 nitrogen and oxygen atoms in total. The third-order valence-electron chi connectivity index (χ3n) is 11.5. The average Bonchev–Trinajstić information content (AvgIpc) is 3.58. The van der Waals surface area contributed by atoms with Crippen LogP contribution in [-0.2, 0) is 46.3 Å². The molecule has 1 fully saturated rings. The van der Waals surface area contributed by atoms with E-state index in [9.17, 15) is 48.6 Å². The van der Waals surface area contributed by atoms with Gasteiger partial charge in [0.2, 0.25) is 0 Å². The highest BCUT2D eigenvalue weighted by Crippen LogP contribution is 2.60. The summed E-state index contributed by atoms with van der Waals surface area (Å²) in [4.78, 5) is 61.9. The molecule has 1 aromatic rings. The van der Waals surface area contributed by atoms with Crippen molar-refractivity contribution in [2.24, 2.45) is 5.92 Å². The minimum Gasteiger partial charge on any atom is -0.462 e. The maximum Gasteiger partial charge on any atom is 0.481 e. The van der Waals surface area contributed by atoms with Gasteiger partial charge in [0.25, 0.3) is 0 Å². The molecule has 0 saturated carbocycles. The fourth-order valence-electron chi connectivity index (χ4n) is 7.56. The van der Waals surface area contributed by atoms with Crippen molar-refractivity contribution < 1.29 is 71.4 Å². The van der Waals surface area contributed by atoms with Crippen molar-refractivity contribution in [3.8, 4) is 0 Å². The Kier molecular flexibility index (Phi) is 33.1. The molecule has 402 valence electrons. The normalized spacial score (nSPS) is 20.1. The highest BCUT2D eigenvalue weighted by Gasteiger charge is 2.46. The van der Waals surface area contributed by atoms with Crippen LogP contribution in [-0.4, -0.2) is 96.9 Å². The van der Waals surface area contributed by atoms with Crippen LogP contribution in [0.2, 0.25) is 0 Å². The SMILES string of the molecule is CC/C=C/C/C=C/C=C/C(O)CCCCCCCC(=O)O[C@H](COC(=O)CCCCCCCCCCCCCCCC(C)C)COP(=O)(O)OP(=O)(O)OC[C@H]1O[C@@H](n2ccc(N)nc2=O)[C@H](O)[C@@H]1O. The van der Waals surface area contributed by atoms with Crippen LogP contribution in [0, 0.1) is 5.92 Å². The number of allylic oxidation sites excluding steroid dienone is 5. The minimum atomic E-state index is -5.44. The molecule has 0 aliphatic carbocycles. The number of hydrogen-bond acceptors (Lipinski definition) is 16. The monoisotopic (exact) mass is 1030 g/mol. The zero-order chi connectivity index (χ0) is 51.6. The van der Waals surface area contributed by atoms with Crippen molar-refractivity contribution in [3.63, 3.8) is 0 Å². The summed E-state index contributed by atoms with van der Waals surface area (Å²) in [5.74, 6) is -0.591. The third-order valence-corrected chi connectivity index (χ3v) is 14.1. The van der Waals surface area contributed by atoms with Gasteiger partial charge >= 0.3 is 33.3 Å². The van der Waals surface area contributed by atoms with Gasteiger partial charge in [-0.15, -0.1) is 0 Å². The quantitative estimate of drug-likeness (QED) is 0.0117. The third kappa shape index (κ3) is 30.1. The highest BCUT2D eigenvalue weighted by atomic mass is 31.3. The van der Waals surface area contributed by atoms with E-state index in [1.54, 1.807) is 6.08 Å². The van der Waals surface area contributed by atoms with Crippen molar-refractivity contribution in [2.75, 3.05) is 25.6 Å². The van der Waals surface area contributed by atoms with Crippen molar-refractivity contribution in [3.05, 3.63) is 59.2 Å². The fourth-order valence-corrected chi connectivity index (χ4v) is 9.67. The Bertz CT molecular complexity index is 1850. The zero-order valence-electron chi connectivity index (χ0n) is 41.8. The lowest BCUT2D eigenvalue weighted by Crippen LogP contribution is -2.36. The molecule has 0 radical (unpaired) electrons. The predicted molar refractivity (Wildman–Crippen MR) is 267 cm³/mol. The number of esters is 2. The minimum absolute atomic E-state index is 0.0186. The second-order valence-electron chi connectivity index (χ2n) is 18.3. The molecule has 1 aliphatic rings. The first-order valence-electron chi connectivity index (χ1n) is 25.5. The first-order chi connectivity index (χ1) is 33.4. The van der Waals surface area contributed by atoms with Crippen LogP contribution in [0.25, 0.3) is 0 Å². The molecule has 2 heterocycles. The zero-order valence-corrected chi connectivity index (χ0v) is 43.6. The van der Waals surface area contributed by atoms with Crippen LogP contribution >= 0.6 is 15.6 Å². The summed E-state index contributed by atoms with van der Waals surface area (Å²) in [5, 5.41) is 31.1. The first-order valence-corrected chi connectivity index (χ1v) is 28.5. The number of phosphoric acid groups is 2. The number of carbonyl (C=O) groups is 2. The fraction of sp³-hybridized carbons (Fsp3) is 0.755.